The number of hydrogen-bond acceptors (Lipinski definition) is 1. The minimum atomic E-state index is 0.0674. The number of halogens is 1. The number of nitrogens with zero attached hydrogens (tertiary/aromatic N) is 1. The highest BCUT2D eigenvalue weighted by Crippen LogP contribution is 2.06. The van der Waals surface area contributed by atoms with Crippen LogP contribution in [-0.2, 0) is 6.54 Å². The second-order valence-corrected chi connectivity index (χ2v) is 3.50. The number of hydrogen-bond donors (Lipinski definition) is 0. The van der Waals surface area contributed by atoms with Crippen LogP contribution in [0.15, 0.2) is 27.6 Å². The van der Waals surface area contributed by atoms with E-state index in [0.29, 0.717) is 0 Å². The predicted octanol–water partition coefficient (Wildman–Crippen LogP) is 2.41. The third-order valence-corrected chi connectivity index (χ3v) is 2.42. The van der Waals surface area contributed by atoms with Crippen molar-refractivity contribution < 1.29 is 0 Å². The van der Waals surface area contributed by atoms with Gasteiger partial charge in [0.25, 0.3) is 5.56 Å². The molecule has 1 aromatic heterocycles. The molecule has 0 aliphatic carbocycles. The average molecular weight is 230 g/mol. The largest absolute Gasteiger partial charge is 0.303 e. The first-order chi connectivity index (χ1) is 5.75. The molecule has 0 aromatic carbocycles. The molecular formula is C9H12BrNO. The standard InChI is InChI=1S/C9H12BrNO/c1-2-3-7-11-8(10)5-4-6-9(11)12/h4-6H,2-3,7H2,1H3. The Kier molecular flexibility index (Phi) is 3.53. The summed E-state index contributed by atoms with van der Waals surface area (Å²) in [6, 6.07) is 5.23. The third kappa shape index (κ3) is 2.21. The Balaban J connectivity index is 2.89. The Morgan fingerprint density at radius 3 is 2.83 bits per heavy atom. The molecule has 0 amide bonds. The van der Waals surface area contributed by atoms with E-state index in [9.17, 15) is 4.79 Å². The zero-order valence-corrected chi connectivity index (χ0v) is 8.67. The molecule has 0 aliphatic rings. The van der Waals surface area contributed by atoms with Crippen molar-refractivity contribution in [2.24, 2.45) is 0 Å². The van der Waals surface area contributed by atoms with Gasteiger partial charge in [0.1, 0.15) is 0 Å². The van der Waals surface area contributed by atoms with Crippen molar-refractivity contribution in [3.63, 3.8) is 0 Å². The summed E-state index contributed by atoms with van der Waals surface area (Å²) < 4.78 is 2.60. The summed E-state index contributed by atoms with van der Waals surface area (Å²) >= 11 is 3.34. The minimum absolute atomic E-state index is 0.0674. The van der Waals surface area contributed by atoms with Gasteiger partial charge in [-0.05, 0) is 28.4 Å². The molecule has 0 aliphatic heterocycles. The maximum Gasteiger partial charge on any atom is 0.251 e. The molecular weight excluding hydrogens is 218 g/mol. The second-order valence-electron chi connectivity index (χ2n) is 2.69. The van der Waals surface area contributed by atoms with E-state index in [1.807, 2.05) is 6.07 Å². The lowest BCUT2D eigenvalue weighted by Crippen LogP contribution is -2.19. The van der Waals surface area contributed by atoms with E-state index in [1.165, 1.54) is 0 Å². The number of pyridine rings is 1. The van der Waals surface area contributed by atoms with Crippen molar-refractivity contribution in [1.82, 2.24) is 4.57 Å². The molecule has 0 radical (unpaired) electrons. The summed E-state index contributed by atoms with van der Waals surface area (Å²) in [5.74, 6) is 0. The average Bonchev–Trinajstić information content (AvgIpc) is 2.04. The molecule has 66 valence electrons. The Hall–Kier alpha value is -0.570. The van der Waals surface area contributed by atoms with E-state index >= 15 is 0 Å². The summed E-state index contributed by atoms with van der Waals surface area (Å²) in [6.07, 6.45) is 2.15. The topological polar surface area (TPSA) is 22.0 Å². The predicted molar refractivity (Wildman–Crippen MR) is 53.3 cm³/mol. The van der Waals surface area contributed by atoms with Crippen molar-refractivity contribution in [1.29, 1.82) is 0 Å². The van der Waals surface area contributed by atoms with Gasteiger partial charge in [0.15, 0.2) is 0 Å². The van der Waals surface area contributed by atoms with E-state index in [2.05, 4.69) is 22.9 Å². The summed E-state index contributed by atoms with van der Waals surface area (Å²) in [4.78, 5) is 11.3. The molecule has 0 spiro atoms. The van der Waals surface area contributed by atoms with Crippen LogP contribution in [0.2, 0.25) is 0 Å². The fourth-order valence-corrected chi connectivity index (χ4v) is 1.53. The van der Waals surface area contributed by atoms with Crippen LogP contribution in [-0.4, -0.2) is 4.57 Å². The maximum atomic E-state index is 11.3. The monoisotopic (exact) mass is 229 g/mol. The highest BCUT2D eigenvalue weighted by Gasteiger charge is 1.97. The molecule has 3 heteroatoms. The summed E-state index contributed by atoms with van der Waals surface area (Å²) in [5.41, 5.74) is 0.0674. The van der Waals surface area contributed by atoms with Gasteiger partial charge in [0.05, 0.1) is 4.60 Å². The van der Waals surface area contributed by atoms with Gasteiger partial charge < -0.3 is 4.57 Å². The Bertz CT molecular complexity index is 306. The van der Waals surface area contributed by atoms with Crippen molar-refractivity contribution in [3.05, 3.63) is 33.2 Å². The van der Waals surface area contributed by atoms with E-state index < -0.39 is 0 Å². The van der Waals surface area contributed by atoms with Gasteiger partial charge in [-0.1, -0.05) is 19.4 Å². The van der Waals surface area contributed by atoms with Gasteiger partial charge in [-0.2, -0.15) is 0 Å². The lowest BCUT2D eigenvalue weighted by Gasteiger charge is -2.05. The Morgan fingerprint density at radius 2 is 2.25 bits per heavy atom. The molecule has 2 nitrogen and oxygen atoms in total. The molecule has 0 saturated heterocycles. The molecule has 12 heavy (non-hydrogen) atoms. The fourth-order valence-electron chi connectivity index (χ4n) is 1.03. The van der Waals surface area contributed by atoms with Crippen molar-refractivity contribution in [2.45, 2.75) is 26.3 Å². The van der Waals surface area contributed by atoms with Gasteiger partial charge >= 0.3 is 0 Å². The van der Waals surface area contributed by atoms with Crippen molar-refractivity contribution in [3.8, 4) is 0 Å². The van der Waals surface area contributed by atoms with Crippen molar-refractivity contribution in [2.75, 3.05) is 0 Å². The van der Waals surface area contributed by atoms with E-state index in [1.54, 1.807) is 16.7 Å². The Morgan fingerprint density at radius 1 is 1.50 bits per heavy atom. The zero-order valence-electron chi connectivity index (χ0n) is 7.09. The molecule has 1 rings (SSSR count). The van der Waals surface area contributed by atoms with E-state index in [0.717, 1.165) is 24.0 Å². The summed E-state index contributed by atoms with van der Waals surface area (Å²) in [6.45, 7) is 2.92. The number of aromatic nitrogens is 1. The summed E-state index contributed by atoms with van der Waals surface area (Å²) in [7, 11) is 0. The highest BCUT2D eigenvalue weighted by atomic mass is 79.9. The highest BCUT2D eigenvalue weighted by molar-refractivity contribution is 9.10. The van der Waals surface area contributed by atoms with Crippen LogP contribution in [0.25, 0.3) is 0 Å². The van der Waals surface area contributed by atoms with Crippen LogP contribution < -0.4 is 5.56 Å². The van der Waals surface area contributed by atoms with E-state index in [-0.39, 0.29) is 5.56 Å². The van der Waals surface area contributed by atoms with Gasteiger partial charge in [-0.25, -0.2) is 0 Å². The molecule has 0 unspecified atom stereocenters. The van der Waals surface area contributed by atoms with Crippen LogP contribution in [0.4, 0.5) is 0 Å². The molecule has 0 N–H and O–H groups in total. The number of rotatable bonds is 3. The zero-order chi connectivity index (χ0) is 8.97. The number of unbranched alkanes of at least 4 members (excludes halogenated alkanes) is 1. The minimum Gasteiger partial charge on any atom is -0.303 e. The smallest absolute Gasteiger partial charge is 0.251 e. The lowest BCUT2D eigenvalue weighted by atomic mass is 10.3. The van der Waals surface area contributed by atoms with Gasteiger partial charge in [0.2, 0.25) is 0 Å². The van der Waals surface area contributed by atoms with Crippen LogP contribution >= 0.6 is 15.9 Å². The molecule has 1 aromatic rings. The van der Waals surface area contributed by atoms with Crippen LogP contribution in [0.3, 0.4) is 0 Å². The molecule has 0 atom stereocenters. The molecule has 0 fully saturated rings. The second kappa shape index (κ2) is 4.45. The van der Waals surface area contributed by atoms with Crippen LogP contribution in [0.5, 0.6) is 0 Å². The van der Waals surface area contributed by atoms with Crippen molar-refractivity contribution >= 4 is 15.9 Å². The van der Waals surface area contributed by atoms with Crippen LogP contribution in [0, 0.1) is 0 Å². The lowest BCUT2D eigenvalue weighted by molar-refractivity contribution is 0.602. The van der Waals surface area contributed by atoms with Gasteiger partial charge in [-0.15, -0.1) is 0 Å². The summed E-state index contributed by atoms with van der Waals surface area (Å²) in [5, 5.41) is 0. The molecule has 1 heterocycles. The van der Waals surface area contributed by atoms with Gasteiger partial charge in [-0.3, -0.25) is 4.79 Å². The first-order valence-electron chi connectivity index (χ1n) is 4.11. The maximum absolute atomic E-state index is 11.3. The molecule has 0 saturated carbocycles. The first-order valence-corrected chi connectivity index (χ1v) is 4.90. The normalized spacial score (nSPS) is 10.2. The fraction of sp³-hybridized carbons (Fsp3) is 0.444. The quantitative estimate of drug-likeness (QED) is 0.731. The van der Waals surface area contributed by atoms with Gasteiger partial charge in [0, 0.05) is 12.6 Å². The third-order valence-electron chi connectivity index (χ3n) is 1.73. The molecule has 0 bridgehead atoms. The Labute approximate surface area is 80.3 Å². The van der Waals surface area contributed by atoms with Crippen LogP contribution in [0.1, 0.15) is 19.8 Å². The van der Waals surface area contributed by atoms with E-state index in [4.69, 9.17) is 0 Å². The SMILES string of the molecule is CCCCn1c(Br)cccc1=O. The first kappa shape index (κ1) is 9.52.